The Morgan fingerprint density at radius 3 is 2.71 bits per heavy atom. The van der Waals surface area contributed by atoms with E-state index in [2.05, 4.69) is 10.3 Å². The predicted octanol–water partition coefficient (Wildman–Crippen LogP) is 2.26. The summed E-state index contributed by atoms with van der Waals surface area (Å²) in [5.41, 5.74) is 8.20. The molecule has 0 aliphatic carbocycles. The maximum atomic E-state index is 11.8. The van der Waals surface area contributed by atoms with Crippen molar-refractivity contribution in [1.82, 2.24) is 4.98 Å². The minimum Gasteiger partial charge on any atom is -0.465 e. The third-order valence-corrected chi connectivity index (χ3v) is 2.95. The molecule has 0 saturated heterocycles. The summed E-state index contributed by atoms with van der Waals surface area (Å²) in [7, 11) is 5.21. The molecular weight excluding hydrogens is 268 g/mol. The maximum absolute atomic E-state index is 11.8. The zero-order valence-corrected chi connectivity index (χ0v) is 12.3. The van der Waals surface area contributed by atoms with Crippen LogP contribution in [0.25, 0.3) is 0 Å². The Kier molecular flexibility index (Phi) is 4.27. The molecule has 0 aliphatic rings. The Hall–Kier alpha value is -2.76. The Labute approximate surface area is 123 Å². The number of methoxy groups -OCH3 is 1. The molecule has 0 amide bonds. The number of pyridine rings is 1. The van der Waals surface area contributed by atoms with E-state index in [1.807, 2.05) is 43.3 Å². The molecule has 0 spiro atoms. The number of esters is 1. The van der Waals surface area contributed by atoms with E-state index in [1.165, 1.54) is 13.3 Å². The number of nitrogens with two attached hydrogens (primary N) is 1. The third-order valence-electron chi connectivity index (χ3n) is 2.95. The monoisotopic (exact) mass is 286 g/mol. The van der Waals surface area contributed by atoms with Gasteiger partial charge in [-0.25, -0.2) is 9.78 Å². The first kappa shape index (κ1) is 14.6. The molecule has 0 bridgehead atoms. The van der Waals surface area contributed by atoms with Crippen molar-refractivity contribution in [2.24, 2.45) is 0 Å². The third kappa shape index (κ3) is 3.22. The van der Waals surface area contributed by atoms with Crippen LogP contribution in [0.3, 0.4) is 0 Å². The molecule has 1 heterocycles. The summed E-state index contributed by atoms with van der Waals surface area (Å²) < 4.78 is 4.76. The molecule has 6 heteroatoms. The fraction of sp³-hybridized carbons (Fsp3) is 0.200. The molecule has 0 radical (unpaired) electrons. The molecule has 2 aromatic rings. The first-order valence-electron chi connectivity index (χ1n) is 6.40. The van der Waals surface area contributed by atoms with Crippen molar-refractivity contribution >= 4 is 28.8 Å². The van der Waals surface area contributed by atoms with Gasteiger partial charge in [0, 0.05) is 14.1 Å². The van der Waals surface area contributed by atoms with Crippen LogP contribution in [0, 0.1) is 0 Å². The van der Waals surface area contributed by atoms with Crippen LogP contribution in [0.5, 0.6) is 0 Å². The molecule has 1 aromatic carbocycles. The number of aromatic nitrogens is 1. The van der Waals surface area contributed by atoms with E-state index in [9.17, 15) is 4.79 Å². The summed E-state index contributed by atoms with van der Waals surface area (Å²) in [5, 5.41) is 3.16. The van der Waals surface area contributed by atoms with Crippen LogP contribution in [-0.2, 0) is 4.74 Å². The van der Waals surface area contributed by atoms with Gasteiger partial charge >= 0.3 is 5.97 Å². The number of benzene rings is 1. The quantitative estimate of drug-likeness (QED) is 0.839. The van der Waals surface area contributed by atoms with E-state index in [0.717, 1.165) is 11.4 Å². The van der Waals surface area contributed by atoms with Crippen LogP contribution in [-0.4, -0.2) is 32.2 Å². The second-order valence-electron chi connectivity index (χ2n) is 4.69. The van der Waals surface area contributed by atoms with E-state index in [0.29, 0.717) is 17.1 Å². The van der Waals surface area contributed by atoms with Crippen LogP contribution in [0.1, 0.15) is 10.4 Å². The second-order valence-corrected chi connectivity index (χ2v) is 4.69. The van der Waals surface area contributed by atoms with Crippen LogP contribution < -0.4 is 16.0 Å². The molecule has 0 aliphatic heterocycles. The van der Waals surface area contributed by atoms with Crippen molar-refractivity contribution in [3.8, 4) is 0 Å². The lowest BCUT2D eigenvalue weighted by atomic mass is 10.2. The van der Waals surface area contributed by atoms with Crippen molar-refractivity contribution in [2.45, 2.75) is 0 Å². The number of para-hydroxylation sites is 2. The van der Waals surface area contributed by atoms with Crippen LogP contribution in [0.2, 0.25) is 0 Å². The molecule has 21 heavy (non-hydrogen) atoms. The van der Waals surface area contributed by atoms with Gasteiger partial charge in [0.05, 0.1) is 30.4 Å². The minimum absolute atomic E-state index is 0.297. The molecule has 0 fully saturated rings. The number of carbonyl (C=O) groups is 1. The highest BCUT2D eigenvalue weighted by molar-refractivity contribution is 5.96. The highest BCUT2D eigenvalue weighted by atomic mass is 16.5. The summed E-state index contributed by atoms with van der Waals surface area (Å²) >= 11 is 0. The van der Waals surface area contributed by atoms with Gasteiger partial charge < -0.3 is 20.7 Å². The lowest BCUT2D eigenvalue weighted by Crippen LogP contribution is -2.13. The van der Waals surface area contributed by atoms with E-state index in [-0.39, 0.29) is 0 Å². The van der Waals surface area contributed by atoms with Crippen molar-refractivity contribution in [1.29, 1.82) is 0 Å². The average molecular weight is 286 g/mol. The summed E-state index contributed by atoms with van der Waals surface area (Å²) in [4.78, 5) is 18.0. The van der Waals surface area contributed by atoms with Gasteiger partial charge in [-0.15, -0.1) is 0 Å². The number of hydrogen-bond donors (Lipinski definition) is 2. The van der Waals surface area contributed by atoms with E-state index >= 15 is 0 Å². The smallest absolute Gasteiger partial charge is 0.341 e. The van der Waals surface area contributed by atoms with Crippen LogP contribution in [0.4, 0.5) is 22.9 Å². The Morgan fingerprint density at radius 1 is 1.33 bits per heavy atom. The van der Waals surface area contributed by atoms with Crippen molar-refractivity contribution in [2.75, 3.05) is 37.2 Å². The zero-order valence-electron chi connectivity index (χ0n) is 12.3. The van der Waals surface area contributed by atoms with Gasteiger partial charge in [0.2, 0.25) is 0 Å². The fourth-order valence-electron chi connectivity index (χ4n) is 1.94. The van der Waals surface area contributed by atoms with Gasteiger partial charge in [0.1, 0.15) is 11.4 Å². The molecule has 0 saturated carbocycles. The number of rotatable bonds is 4. The highest BCUT2D eigenvalue weighted by Gasteiger charge is 2.15. The molecule has 6 nitrogen and oxygen atoms in total. The predicted molar refractivity (Wildman–Crippen MR) is 84.0 cm³/mol. The zero-order chi connectivity index (χ0) is 15.4. The number of hydrogen-bond acceptors (Lipinski definition) is 6. The normalized spacial score (nSPS) is 10.0. The molecule has 1 aromatic heterocycles. The van der Waals surface area contributed by atoms with Crippen molar-refractivity contribution < 1.29 is 9.53 Å². The lowest BCUT2D eigenvalue weighted by molar-refractivity contribution is 0.0601. The van der Waals surface area contributed by atoms with Crippen molar-refractivity contribution in [3.63, 3.8) is 0 Å². The highest BCUT2D eigenvalue weighted by Crippen LogP contribution is 2.28. The number of nitrogens with one attached hydrogen (secondary N) is 1. The summed E-state index contributed by atoms with van der Waals surface area (Å²) in [6.07, 6.45) is 1.49. The van der Waals surface area contributed by atoms with Crippen LogP contribution >= 0.6 is 0 Å². The molecule has 0 atom stereocenters. The van der Waals surface area contributed by atoms with Gasteiger partial charge in [-0.3, -0.25) is 0 Å². The van der Waals surface area contributed by atoms with Gasteiger partial charge in [0.25, 0.3) is 0 Å². The first-order valence-corrected chi connectivity index (χ1v) is 6.40. The second kappa shape index (κ2) is 6.13. The topological polar surface area (TPSA) is 80.5 Å². The molecule has 0 unspecified atom stereocenters. The standard InChI is InChI=1S/C15H18N4O2/c1-19(2)13-7-5-4-6-12(13)18-14-11(15(20)21-3)8-10(16)9-17-14/h4-9H,16H2,1-3H3,(H,17,18). The fourth-order valence-corrected chi connectivity index (χ4v) is 1.94. The number of nitrogen functional groups attached to an aromatic ring is 1. The molecule has 110 valence electrons. The first-order chi connectivity index (χ1) is 10.0. The lowest BCUT2D eigenvalue weighted by Gasteiger charge is -2.19. The van der Waals surface area contributed by atoms with E-state index in [4.69, 9.17) is 10.5 Å². The van der Waals surface area contributed by atoms with Crippen LogP contribution in [0.15, 0.2) is 36.5 Å². The Balaban J connectivity index is 2.43. The Morgan fingerprint density at radius 2 is 2.05 bits per heavy atom. The van der Waals surface area contributed by atoms with Gasteiger partial charge in [-0.1, -0.05) is 12.1 Å². The van der Waals surface area contributed by atoms with E-state index < -0.39 is 5.97 Å². The maximum Gasteiger partial charge on any atom is 0.341 e. The number of anilines is 4. The summed E-state index contributed by atoms with van der Waals surface area (Å²) in [6.45, 7) is 0. The van der Waals surface area contributed by atoms with Crippen molar-refractivity contribution in [3.05, 3.63) is 42.1 Å². The largest absolute Gasteiger partial charge is 0.465 e. The van der Waals surface area contributed by atoms with Gasteiger partial charge in [0.15, 0.2) is 0 Å². The summed E-state index contributed by atoms with van der Waals surface area (Å²) in [6, 6.07) is 9.27. The van der Waals surface area contributed by atoms with Gasteiger partial charge in [-0.05, 0) is 18.2 Å². The number of ether oxygens (including phenoxy) is 1. The molecule has 2 rings (SSSR count). The summed E-state index contributed by atoms with van der Waals surface area (Å²) in [5.74, 6) is -0.0787. The number of nitrogens with zero attached hydrogens (tertiary/aromatic N) is 2. The van der Waals surface area contributed by atoms with Gasteiger partial charge in [-0.2, -0.15) is 0 Å². The Bertz CT molecular complexity index is 656. The number of carbonyl (C=O) groups excluding carboxylic acids is 1. The minimum atomic E-state index is -0.486. The molecule has 3 N–H and O–H groups in total. The average Bonchev–Trinajstić information content (AvgIpc) is 2.48. The SMILES string of the molecule is COC(=O)c1cc(N)cnc1Nc1ccccc1N(C)C. The molecular formula is C15H18N4O2. The van der Waals surface area contributed by atoms with E-state index in [1.54, 1.807) is 6.07 Å².